The van der Waals surface area contributed by atoms with Gasteiger partial charge in [0.1, 0.15) is 0 Å². The Bertz CT molecular complexity index is 37.7. The molecular weight excluding hydrogens is 164 g/mol. The minimum atomic E-state index is 0.916. The molecule has 0 aromatic carbocycles. The third-order valence-corrected chi connectivity index (χ3v) is 1.84. The van der Waals surface area contributed by atoms with Gasteiger partial charge in [0.2, 0.25) is 0 Å². The molecule has 0 heterocycles. The first-order valence-corrected chi connectivity index (χ1v) is 4.49. The van der Waals surface area contributed by atoms with Gasteiger partial charge in [0, 0.05) is 5.33 Å². The molecule has 1 atom stereocenters. The van der Waals surface area contributed by atoms with Crippen LogP contribution in [-0.2, 0) is 0 Å². The van der Waals surface area contributed by atoms with E-state index in [4.69, 9.17) is 0 Å². The van der Waals surface area contributed by atoms with E-state index in [9.17, 15) is 0 Å². The maximum absolute atomic E-state index is 3.42. The van der Waals surface area contributed by atoms with Gasteiger partial charge in [-0.3, -0.25) is 0 Å². The van der Waals surface area contributed by atoms with Gasteiger partial charge in [-0.2, -0.15) is 0 Å². The third kappa shape index (κ3) is 4.63. The highest BCUT2D eigenvalue weighted by Gasteiger charge is 1.96. The largest absolute Gasteiger partial charge is 0.0928 e. The van der Waals surface area contributed by atoms with Crippen LogP contribution >= 0.6 is 15.9 Å². The summed E-state index contributed by atoms with van der Waals surface area (Å²) in [6.07, 6.45) is 4.04. The van der Waals surface area contributed by atoms with Crippen LogP contribution in [0, 0.1) is 5.92 Å². The van der Waals surface area contributed by atoms with Gasteiger partial charge in [-0.15, -0.1) is 0 Å². The minimum Gasteiger partial charge on any atom is -0.0928 e. The van der Waals surface area contributed by atoms with Crippen LogP contribution in [0.25, 0.3) is 0 Å². The van der Waals surface area contributed by atoms with Crippen molar-refractivity contribution < 1.29 is 0 Å². The fraction of sp³-hybridized carbons (Fsp3) is 1.00. The zero-order chi connectivity index (χ0) is 6.41. The minimum absolute atomic E-state index is 0.916. The molecule has 0 N–H and O–H groups in total. The summed E-state index contributed by atoms with van der Waals surface area (Å²) in [7, 11) is 0. The molecule has 0 unspecified atom stereocenters. The first kappa shape index (κ1) is 8.48. The number of halogens is 1. The zero-order valence-corrected chi connectivity index (χ0v) is 7.37. The van der Waals surface area contributed by atoms with E-state index < -0.39 is 0 Å². The molecule has 0 bridgehead atoms. The van der Waals surface area contributed by atoms with E-state index in [2.05, 4.69) is 29.8 Å². The maximum Gasteiger partial charge on any atom is 0.00338 e. The molecule has 0 saturated carbocycles. The smallest absolute Gasteiger partial charge is 0.00338 e. The summed E-state index contributed by atoms with van der Waals surface area (Å²) in [5.41, 5.74) is 0. The van der Waals surface area contributed by atoms with Crippen LogP contribution in [0.15, 0.2) is 0 Å². The van der Waals surface area contributed by atoms with Crippen LogP contribution in [0.1, 0.15) is 33.1 Å². The van der Waals surface area contributed by atoms with Gasteiger partial charge in [0.25, 0.3) is 0 Å². The fourth-order valence-electron chi connectivity index (χ4n) is 0.823. The second-order valence-electron chi connectivity index (χ2n) is 2.37. The molecule has 0 aromatic heterocycles. The SMILES string of the molecule is CCC[C@H](C)CCBr. The average Bonchev–Trinajstić information content (AvgIpc) is 1.68. The molecule has 0 aliphatic carbocycles. The summed E-state index contributed by atoms with van der Waals surface area (Å²) < 4.78 is 0. The predicted molar refractivity (Wildman–Crippen MR) is 42.5 cm³/mol. The van der Waals surface area contributed by atoms with Crippen LogP contribution in [0.5, 0.6) is 0 Å². The highest BCUT2D eigenvalue weighted by molar-refractivity contribution is 9.09. The highest BCUT2D eigenvalue weighted by Crippen LogP contribution is 2.10. The van der Waals surface area contributed by atoms with Crippen molar-refractivity contribution in [3.63, 3.8) is 0 Å². The summed E-state index contributed by atoms with van der Waals surface area (Å²) >= 11 is 3.42. The molecule has 0 radical (unpaired) electrons. The van der Waals surface area contributed by atoms with Crippen molar-refractivity contribution in [1.29, 1.82) is 0 Å². The lowest BCUT2D eigenvalue weighted by Gasteiger charge is -2.04. The van der Waals surface area contributed by atoms with Crippen LogP contribution in [-0.4, -0.2) is 5.33 Å². The molecule has 0 aliphatic rings. The van der Waals surface area contributed by atoms with Crippen LogP contribution in [0.4, 0.5) is 0 Å². The fourth-order valence-corrected chi connectivity index (χ4v) is 1.60. The quantitative estimate of drug-likeness (QED) is 0.581. The first-order chi connectivity index (χ1) is 3.81. The van der Waals surface area contributed by atoms with Crippen molar-refractivity contribution in [3.8, 4) is 0 Å². The molecule has 0 fully saturated rings. The Morgan fingerprint density at radius 1 is 1.38 bits per heavy atom. The van der Waals surface area contributed by atoms with Crippen molar-refractivity contribution >= 4 is 15.9 Å². The highest BCUT2D eigenvalue weighted by atomic mass is 79.9. The lowest BCUT2D eigenvalue weighted by atomic mass is 10.0. The third-order valence-electron chi connectivity index (χ3n) is 1.38. The molecule has 0 nitrogen and oxygen atoms in total. The lowest BCUT2D eigenvalue weighted by Crippen LogP contribution is -1.93. The number of rotatable bonds is 4. The normalized spacial score (nSPS) is 13.9. The van der Waals surface area contributed by atoms with Crippen molar-refractivity contribution in [1.82, 2.24) is 0 Å². The monoisotopic (exact) mass is 178 g/mol. The van der Waals surface area contributed by atoms with Crippen molar-refractivity contribution in [3.05, 3.63) is 0 Å². The van der Waals surface area contributed by atoms with E-state index in [1.807, 2.05) is 0 Å². The number of hydrogen-bond donors (Lipinski definition) is 0. The maximum atomic E-state index is 3.42. The van der Waals surface area contributed by atoms with Gasteiger partial charge in [-0.1, -0.05) is 42.6 Å². The molecule has 8 heavy (non-hydrogen) atoms. The number of alkyl halides is 1. The van der Waals surface area contributed by atoms with Crippen LogP contribution in [0.3, 0.4) is 0 Å². The number of hydrogen-bond acceptors (Lipinski definition) is 0. The topological polar surface area (TPSA) is 0 Å². The van der Waals surface area contributed by atoms with Crippen molar-refractivity contribution in [2.75, 3.05) is 5.33 Å². The first-order valence-electron chi connectivity index (χ1n) is 3.37. The Balaban J connectivity index is 2.92. The molecule has 0 rings (SSSR count). The van der Waals surface area contributed by atoms with Gasteiger partial charge in [0.15, 0.2) is 0 Å². The Morgan fingerprint density at radius 3 is 2.38 bits per heavy atom. The lowest BCUT2D eigenvalue weighted by molar-refractivity contribution is 0.514. The van der Waals surface area contributed by atoms with E-state index in [0.717, 1.165) is 11.2 Å². The summed E-state index contributed by atoms with van der Waals surface area (Å²) in [4.78, 5) is 0. The van der Waals surface area contributed by atoms with Crippen LogP contribution < -0.4 is 0 Å². The van der Waals surface area contributed by atoms with Crippen LogP contribution in [0.2, 0.25) is 0 Å². The second-order valence-corrected chi connectivity index (χ2v) is 3.16. The summed E-state index contributed by atoms with van der Waals surface area (Å²) in [5, 5.41) is 1.16. The summed E-state index contributed by atoms with van der Waals surface area (Å²) in [6.45, 7) is 4.55. The molecule has 0 saturated heterocycles. The summed E-state index contributed by atoms with van der Waals surface area (Å²) in [6, 6.07) is 0. The molecule has 1 heteroatoms. The average molecular weight is 179 g/mol. The molecule has 0 spiro atoms. The van der Waals surface area contributed by atoms with E-state index in [1.54, 1.807) is 0 Å². The standard InChI is InChI=1S/C7H15Br/c1-3-4-7(2)5-6-8/h7H,3-6H2,1-2H3/t7-/m0/s1. The Labute approximate surface area is 60.8 Å². The Kier molecular flexibility index (Phi) is 5.95. The van der Waals surface area contributed by atoms with Crippen molar-refractivity contribution in [2.45, 2.75) is 33.1 Å². The van der Waals surface area contributed by atoms with Gasteiger partial charge < -0.3 is 0 Å². The Morgan fingerprint density at radius 2 is 2.00 bits per heavy atom. The molecule has 0 amide bonds. The molecule has 0 aliphatic heterocycles. The zero-order valence-electron chi connectivity index (χ0n) is 5.78. The summed E-state index contributed by atoms with van der Waals surface area (Å²) in [5.74, 6) is 0.916. The molecule has 50 valence electrons. The van der Waals surface area contributed by atoms with Gasteiger partial charge in [-0.05, 0) is 12.3 Å². The van der Waals surface area contributed by atoms with Gasteiger partial charge >= 0.3 is 0 Å². The van der Waals surface area contributed by atoms with Gasteiger partial charge in [0.05, 0.1) is 0 Å². The van der Waals surface area contributed by atoms with E-state index >= 15 is 0 Å². The second kappa shape index (κ2) is 5.61. The van der Waals surface area contributed by atoms with E-state index in [1.165, 1.54) is 19.3 Å². The van der Waals surface area contributed by atoms with E-state index in [-0.39, 0.29) is 0 Å². The molecular formula is C7H15Br. The Hall–Kier alpha value is 0.480. The predicted octanol–water partition coefficient (Wildman–Crippen LogP) is 3.21. The van der Waals surface area contributed by atoms with Gasteiger partial charge in [-0.25, -0.2) is 0 Å². The molecule has 0 aromatic rings. The van der Waals surface area contributed by atoms with E-state index in [0.29, 0.717) is 0 Å². The van der Waals surface area contributed by atoms with Crippen molar-refractivity contribution in [2.24, 2.45) is 5.92 Å².